The standard InChI is InChI=1S/C13H15Cl2N3O2S/c1-13(2,3)11-7-12(17-16-11)18-21(19,20)10-6-8(14)4-5-9(10)15/h4-7H,1-3H3,(H2,16,17,18). The Hall–Kier alpha value is -1.24. The van der Waals surface area contributed by atoms with Gasteiger partial charge in [-0.2, -0.15) is 5.10 Å². The number of benzene rings is 1. The van der Waals surface area contributed by atoms with Gasteiger partial charge in [0.15, 0.2) is 5.82 Å². The van der Waals surface area contributed by atoms with Crippen molar-refractivity contribution in [3.63, 3.8) is 0 Å². The molecule has 0 amide bonds. The van der Waals surface area contributed by atoms with Gasteiger partial charge in [-0.25, -0.2) is 8.42 Å². The highest BCUT2D eigenvalue weighted by Crippen LogP contribution is 2.27. The van der Waals surface area contributed by atoms with Gasteiger partial charge in [-0.05, 0) is 18.2 Å². The number of aromatic nitrogens is 2. The van der Waals surface area contributed by atoms with E-state index in [9.17, 15) is 8.42 Å². The Balaban J connectivity index is 2.34. The lowest BCUT2D eigenvalue weighted by molar-refractivity contribution is 0.567. The van der Waals surface area contributed by atoms with Crippen molar-refractivity contribution in [2.24, 2.45) is 0 Å². The minimum atomic E-state index is -3.85. The van der Waals surface area contributed by atoms with E-state index < -0.39 is 10.0 Å². The van der Waals surface area contributed by atoms with Gasteiger partial charge in [0.1, 0.15) is 4.90 Å². The third-order valence-electron chi connectivity index (χ3n) is 2.81. The predicted molar refractivity (Wildman–Crippen MR) is 84.6 cm³/mol. The molecule has 114 valence electrons. The summed E-state index contributed by atoms with van der Waals surface area (Å²) in [6.07, 6.45) is 0. The van der Waals surface area contributed by atoms with Crippen molar-refractivity contribution in [2.45, 2.75) is 31.1 Å². The molecule has 0 fully saturated rings. The average molecular weight is 348 g/mol. The summed E-state index contributed by atoms with van der Waals surface area (Å²) in [4.78, 5) is -0.0861. The SMILES string of the molecule is CC(C)(C)c1cc(NS(=O)(=O)c2cc(Cl)ccc2Cl)n[nH]1. The molecule has 8 heteroatoms. The molecule has 1 heterocycles. The van der Waals surface area contributed by atoms with E-state index in [-0.39, 0.29) is 26.2 Å². The maximum Gasteiger partial charge on any atom is 0.264 e. The summed E-state index contributed by atoms with van der Waals surface area (Å²) in [5.74, 6) is 0.205. The monoisotopic (exact) mass is 347 g/mol. The average Bonchev–Trinajstić information content (AvgIpc) is 2.79. The molecule has 0 aliphatic heterocycles. The quantitative estimate of drug-likeness (QED) is 0.886. The van der Waals surface area contributed by atoms with Gasteiger partial charge in [0.2, 0.25) is 0 Å². The number of hydrogen-bond acceptors (Lipinski definition) is 3. The van der Waals surface area contributed by atoms with Crippen molar-refractivity contribution in [2.75, 3.05) is 4.72 Å². The Labute approximate surface area is 133 Å². The van der Waals surface area contributed by atoms with Crippen molar-refractivity contribution >= 4 is 39.0 Å². The predicted octanol–water partition coefficient (Wildman–Crippen LogP) is 3.81. The molecule has 5 nitrogen and oxygen atoms in total. The largest absolute Gasteiger partial charge is 0.280 e. The molecule has 0 aliphatic carbocycles. The molecule has 0 aliphatic rings. The zero-order valence-electron chi connectivity index (χ0n) is 11.7. The number of nitrogens with one attached hydrogen (secondary N) is 2. The number of H-pyrrole nitrogens is 1. The first-order valence-corrected chi connectivity index (χ1v) is 8.37. The van der Waals surface area contributed by atoms with Gasteiger partial charge in [-0.15, -0.1) is 0 Å². The number of rotatable bonds is 3. The second-order valence-corrected chi connectivity index (χ2v) is 8.09. The summed E-state index contributed by atoms with van der Waals surface area (Å²) >= 11 is 11.7. The van der Waals surface area contributed by atoms with Crippen LogP contribution in [0.25, 0.3) is 0 Å². The number of anilines is 1. The van der Waals surface area contributed by atoms with Crippen LogP contribution in [0.5, 0.6) is 0 Å². The Kier molecular flexibility index (Phi) is 4.24. The van der Waals surface area contributed by atoms with Crippen molar-refractivity contribution in [1.29, 1.82) is 0 Å². The van der Waals surface area contributed by atoms with Crippen LogP contribution >= 0.6 is 23.2 Å². The normalized spacial score (nSPS) is 12.4. The zero-order valence-corrected chi connectivity index (χ0v) is 14.1. The molecule has 1 aromatic carbocycles. The topological polar surface area (TPSA) is 74.8 Å². The molecule has 0 radical (unpaired) electrons. The molecule has 0 atom stereocenters. The van der Waals surface area contributed by atoms with Gasteiger partial charge in [0.05, 0.1) is 5.02 Å². The highest BCUT2D eigenvalue weighted by Gasteiger charge is 2.22. The number of aromatic amines is 1. The first kappa shape index (κ1) is 16.1. The maximum atomic E-state index is 12.3. The van der Waals surface area contributed by atoms with Crippen molar-refractivity contribution in [1.82, 2.24) is 10.2 Å². The number of sulfonamides is 1. The van der Waals surface area contributed by atoms with E-state index in [4.69, 9.17) is 23.2 Å². The molecule has 1 aromatic heterocycles. The van der Waals surface area contributed by atoms with Crippen LogP contribution in [-0.2, 0) is 15.4 Å². The van der Waals surface area contributed by atoms with Gasteiger partial charge >= 0.3 is 0 Å². The molecule has 0 unspecified atom stereocenters. The van der Waals surface area contributed by atoms with Crippen LogP contribution in [-0.4, -0.2) is 18.6 Å². The van der Waals surface area contributed by atoms with Crippen LogP contribution in [0.3, 0.4) is 0 Å². The summed E-state index contributed by atoms with van der Waals surface area (Å²) < 4.78 is 27.0. The van der Waals surface area contributed by atoms with E-state index in [1.807, 2.05) is 20.8 Å². The van der Waals surface area contributed by atoms with E-state index >= 15 is 0 Å². The van der Waals surface area contributed by atoms with E-state index in [0.717, 1.165) is 5.69 Å². The molecular weight excluding hydrogens is 333 g/mol. The van der Waals surface area contributed by atoms with Gasteiger partial charge in [-0.1, -0.05) is 44.0 Å². The second kappa shape index (κ2) is 5.51. The second-order valence-electron chi connectivity index (χ2n) is 5.60. The van der Waals surface area contributed by atoms with Crippen molar-refractivity contribution < 1.29 is 8.42 Å². The maximum absolute atomic E-state index is 12.3. The van der Waals surface area contributed by atoms with E-state index in [1.165, 1.54) is 18.2 Å². The summed E-state index contributed by atoms with van der Waals surface area (Å²) in [5.41, 5.74) is 0.655. The Morgan fingerprint density at radius 1 is 1.19 bits per heavy atom. The molecule has 0 saturated heterocycles. The lowest BCUT2D eigenvalue weighted by Crippen LogP contribution is -2.14. The van der Waals surface area contributed by atoms with E-state index in [1.54, 1.807) is 6.07 Å². The first-order valence-electron chi connectivity index (χ1n) is 6.13. The lowest BCUT2D eigenvalue weighted by Gasteiger charge is -2.14. The highest BCUT2D eigenvalue weighted by atomic mass is 35.5. The Morgan fingerprint density at radius 3 is 2.43 bits per heavy atom. The minimum absolute atomic E-state index is 0.0861. The van der Waals surface area contributed by atoms with Crippen LogP contribution in [0.1, 0.15) is 26.5 Å². The molecule has 2 aromatic rings. The Bertz CT molecular complexity index is 764. The van der Waals surface area contributed by atoms with Crippen molar-refractivity contribution in [3.8, 4) is 0 Å². The number of hydrogen-bond donors (Lipinski definition) is 2. The fourth-order valence-corrected chi connectivity index (χ4v) is 3.39. The third-order valence-corrected chi connectivity index (χ3v) is 4.88. The zero-order chi connectivity index (χ0) is 15.8. The van der Waals surface area contributed by atoms with Crippen molar-refractivity contribution in [3.05, 3.63) is 40.0 Å². The fourth-order valence-electron chi connectivity index (χ4n) is 1.63. The summed E-state index contributed by atoms with van der Waals surface area (Å²) in [6, 6.07) is 5.90. The third kappa shape index (κ3) is 3.70. The molecular formula is C13H15Cl2N3O2S. The summed E-state index contributed by atoms with van der Waals surface area (Å²) in [5, 5.41) is 7.15. The molecule has 2 rings (SSSR count). The fraction of sp³-hybridized carbons (Fsp3) is 0.308. The van der Waals surface area contributed by atoms with Gasteiger partial charge in [0.25, 0.3) is 10.0 Å². The van der Waals surface area contributed by atoms with Crippen LogP contribution in [0.15, 0.2) is 29.2 Å². The van der Waals surface area contributed by atoms with Crippen LogP contribution in [0.2, 0.25) is 10.0 Å². The van der Waals surface area contributed by atoms with Gasteiger partial charge in [0, 0.05) is 22.2 Å². The highest BCUT2D eigenvalue weighted by molar-refractivity contribution is 7.92. The van der Waals surface area contributed by atoms with E-state index in [0.29, 0.717) is 0 Å². The van der Waals surface area contributed by atoms with Crippen LogP contribution < -0.4 is 4.72 Å². The molecule has 21 heavy (non-hydrogen) atoms. The van der Waals surface area contributed by atoms with Gasteiger partial charge < -0.3 is 0 Å². The molecule has 2 N–H and O–H groups in total. The first-order chi connectivity index (χ1) is 9.59. The number of nitrogens with zero attached hydrogens (tertiary/aromatic N) is 1. The summed E-state index contributed by atoms with van der Waals surface area (Å²) in [6.45, 7) is 5.98. The number of halogens is 2. The van der Waals surface area contributed by atoms with Crippen LogP contribution in [0, 0.1) is 0 Å². The minimum Gasteiger partial charge on any atom is -0.280 e. The van der Waals surface area contributed by atoms with Gasteiger partial charge in [-0.3, -0.25) is 9.82 Å². The lowest BCUT2D eigenvalue weighted by atomic mass is 9.92. The van der Waals surface area contributed by atoms with Crippen LogP contribution in [0.4, 0.5) is 5.82 Å². The molecule has 0 bridgehead atoms. The molecule has 0 spiro atoms. The van der Waals surface area contributed by atoms with E-state index in [2.05, 4.69) is 14.9 Å². The molecule has 0 saturated carbocycles. The smallest absolute Gasteiger partial charge is 0.264 e. The summed E-state index contributed by atoms with van der Waals surface area (Å²) in [7, 11) is -3.85. The Morgan fingerprint density at radius 2 is 1.86 bits per heavy atom.